The molecule has 0 radical (unpaired) electrons. The van der Waals surface area contributed by atoms with Gasteiger partial charge in [0.05, 0.1) is 12.1 Å². The molecule has 7 heteroatoms. The predicted molar refractivity (Wildman–Crippen MR) is 76.4 cm³/mol. The Hall–Kier alpha value is -1.21. The van der Waals surface area contributed by atoms with Crippen LogP contribution in [0, 0.1) is 5.92 Å². The van der Waals surface area contributed by atoms with E-state index in [-0.39, 0.29) is 12.6 Å². The van der Waals surface area contributed by atoms with Crippen LogP contribution < -0.4 is 5.32 Å². The second-order valence-electron chi connectivity index (χ2n) is 5.70. The number of aromatic nitrogens is 2. The zero-order chi connectivity index (χ0) is 14.6. The standard InChI is InChI=1S/C12H22N4O2S/c1-8(2)6-9-14-15-10(19-9)13-11(17)16(5)7-12(3,4)18/h8,18H,6-7H2,1-5H3,(H,13,15,17). The van der Waals surface area contributed by atoms with Crippen molar-refractivity contribution in [3.05, 3.63) is 5.01 Å². The van der Waals surface area contributed by atoms with Gasteiger partial charge in [0.1, 0.15) is 5.01 Å². The molecule has 0 aliphatic heterocycles. The Balaban J connectivity index is 2.54. The number of carbonyl (C=O) groups is 1. The van der Waals surface area contributed by atoms with Crippen molar-refractivity contribution in [2.75, 3.05) is 18.9 Å². The number of rotatable bonds is 5. The van der Waals surface area contributed by atoms with E-state index in [1.165, 1.54) is 16.2 Å². The summed E-state index contributed by atoms with van der Waals surface area (Å²) in [6.07, 6.45) is 0.854. The van der Waals surface area contributed by atoms with Gasteiger partial charge in [-0.2, -0.15) is 0 Å². The van der Waals surface area contributed by atoms with E-state index >= 15 is 0 Å². The summed E-state index contributed by atoms with van der Waals surface area (Å²) in [6.45, 7) is 7.77. The van der Waals surface area contributed by atoms with Gasteiger partial charge in [0.2, 0.25) is 5.13 Å². The normalized spacial score (nSPS) is 11.7. The van der Waals surface area contributed by atoms with Crippen LogP contribution in [0.5, 0.6) is 0 Å². The summed E-state index contributed by atoms with van der Waals surface area (Å²) in [5.41, 5.74) is -0.921. The van der Waals surface area contributed by atoms with Crippen molar-refractivity contribution in [1.82, 2.24) is 15.1 Å². The molecular weight excluding hydrogens is 264 g/mol. The monoisotopic (exact) mass is 286 g/mol. The lowest BCUT2D eigenvalue weighted by Gasteiger charge is -2.25. The van der Waals surface area contributed by atoms with Crippen molar-refractivity contribution >= 4 is 22.5 Å². The largest absolute Gasteiger partial charge is 0.389 e. The smallest absolute Gasteiger partial charge is 0.323 e. The molecule has 2 N–H and O–H groups in total. The minimum absolute atomic E-state index is 0.247. The summed E-state index contributed by atoms with van der Waals surface area (Å²) in [5, 5.41) is 21.7. The predicted octanol–water partition coefficient (Wildman–Crippen LogP) is 1.97. The Morgan fingerprint density at radius 2 is 2.11 bits per heavy atom. The van der Waals surface area contributed by atoms with Crippen molar-refractivity contribution in [3.8, 4) is 0 Å². The quantitative estimate of drug-likeness (QED) is 0.867. The van der Waals surface area contributed by atoms with Crippen LogP contribution in [0.25, 0.3) is 0 Å². The molecule has 0 saturated carbocycles. The Morgan fingerprint density at radius 3 is 2.63 bits per heavy atom. The molecule has 0 aromatic carbocycles. The highest BCUT2D eigenvalue weighted by Crippen LogP contribution is 2.18. The van der Waals surface area contributed by atoms with Gasteiger partial charge < -0.3 is 10.0 Å². The molecule has 1 rings (SSSR count). The third kappa shape index (κ3) is 5.98. The van der Waals surface area contributed by atoms with Gasteiger partial charge >= 0.3 is 6.03 Å². The number of anilines is 1. The molecule has 0 fully saturated rings. The summed E-state index contributed by atoms with van der Waals surface area (Å²) in [4.78, 5) is 13.3. The van der Waals surface area contributed by atoms with Crippen molar-refractivity contribution in [2.45, 2.75) is 39.7 Å². The SMILES string of the molecule is CC(C)Cc1nnc(NC(=O)N(C)CC(C)(C)O)s1. The molecule has 1 aromatic rings. The lowest BCUT2D eigenvalue weighted by molar-refractivity contribution is 0.0550. The molecule has 0 saturated heterocycles. The number of hydrogen-bond donors (Lipinski definition) is 2. The van der Waals surface area contributed by atoms with E-state index in [2.05, 4.69) is 29.4 Å². The van der Waals surface area contributed by atoms with Gasteiger partial charge in [-0.05, 0) is 19.8 Å². The average molecular weight is 286 g/mol. The van der Waals surface area contributed by atoms with Crippen molar-refractivity contribution in [1.29, 1.82) is 0 Å². The van der Waals surface area contributed by atoms with Crippen LogP contribution in [0.1, 0.15) is 32.7 Å². The molecule has 0 aliphatic rings. The second-order valence-corrected chi connectivity index (χ2v) is 6.76. The number of aliphatic hydroxyl groups is 1. The van der Waals surface area contributed by atoms with Crippen LogP contribution in [0.15, 0.2) is 0 Å². The maximum Gasteiger partial charge on any atom is 0.323 e. The highest BCUT2D eigenvalue weighted by atomic mass is 32.1. The third-order valence-electron chi connectivity index (χ3n) is 2.23. The van der Waals surface area contributed by atoms with E-state index in [9.17, 15) is 9.90 Å². The van der Waals surface area contributed by atoms with Crippen molar-refractivity contribution in [2.24, 2.45) is 5.92 Å². The molecule has 2 amide bonds. The molecule has 1 heterocycles. The zero-order valence-electron chi connectivity index (χ0n) is 12.1. The number of amides is 2. The van der Waals surface area contributed by atoms with Crippen LogP contribution in [-0.4, -0.2) is 45.4 Å². The molecule has 0 aliphatic carbocycles. The van der Waals surface area contributed by atoms with Crippen LogP contribution in [0.4, 0.5) is 9.93 Å². The summed E-state index contributed by atoms with van der Waals surface area (Å²) < 4.78 is 0. The van der Waals surface area contributed by atoms with E-state index in [1.54, 1.807) is 20.9 Å². The highest BCUT2D eigenvalue weighted by Gasteiger charge is 2.20. The van der Waals surface area contributed by atoms with Crippen LogP contribution in [0.2, 0.25) is 0 Å². The fraction of sp³-hybridized carbons (Fsp3) is 0.750. The maximum atomic E-state index is 11.9. The van der Waals surface area contributed by atoms with Gasteiger partial charge in [-0.1, -0.05) is 25.2 Å². The minimum Gasteiger partial charge on any atom is -0.389 e. The number of nitrogens with one attached hydrogen (secondary N) is 1. The first kappa shape index (κ1) is 15.8. The minimum atomic E-state index is -0.921. The molecule has 1 aromatic heterocycles. The van der Waals surface area contributed by atoms with Crippen LogP contribution >= 0.6 is 11.3 Å². The lowest BCUT2D eigenvalue weighted by Crippen LogP contribution is -2.41. The molecule has 0 spiro atoms. The topological polar surface area (TPSA) is 78.4 Å². The fourth-order valence-corrected chi connectivity index (χ4v) is 2.52. The van der Waals surface area contributed by atoms with E-state index in [0.29, 0.717) is 11.0 Å². The maximum absolute atomic E-state index is 11.9. The number of urea groups is 1. The molecule has 0 bridgehead atoms. The van der Waals surface area contributed by atoms with Crippen molar-refractivity contribution in [3.63, 3.8) is 0 Å². The Kier molecular flexibility index (Phi) is 5.25. The molecule has 0 unspecified atom stereocenters. The van der Waals surface area contributed by atoms with Gasteiger partial charge in [-0.25, -0.2) is 4.79 Å². The van der Waals surface area contributed by atoms with Gasteiger partial charge in [-0.3, -0.25) is 5.32 Å². The zero-order valence-corrected chi connectivity index (χ0v) is 12.9. The Labute approximate surface area is 117 Å². The molecule has 6 nitrogen and oxygen atoms in total. The van der Waals surface area contributed by atoms with E-state index in [0.717, 1.165) is 11.4 Å². The number of likely N-dealkylation sites (N-methyl/N-ethyl adjacent to an activating group) is 1. The van der Waals surface area contributed by atoms with Gasteiger partial charge in [0.25, 0.3) is 0 Å². The van der Waals surface area contributed by atoms with E-state index < -0.39 is 5.60 Å². The highest BCUT2D eigenvalue weighted by molar-refractivity contribution is 7.15. The number of nitrogens with zero attached hydrogens (tertiary/aromatic N) is 3. The summed E-state index contributed by atoms with van der Waals surface area (Å²) in [7, 11) is 1.63. The summed E-state index contributed by atoms with van der Waals surface area (Å²) in [6, 6.07) is -0.297. The molecule has 19 heavy (non-hydrogen) atoms. The first-order valence-electron chi connectivity index (χ1n) is 6.24. The van der Waals surface area contributed by atoms with Crippen molar-refractivity contribution < 1.29 is 9.90 Å². The first-order chi connectivity index (χ1) is 8.67. The number of hydrogen-bond acceptors (Lipinski definition) is 5. The van der Waals surface area contributed by atoms with E-state index in [1.807, 2.05) is 0 Å². The lowest BCUT2D eigenvalue weighted by atomic mass is 10.1. The molecular formula is C12H22N4O2S. The Morgan fingerprint density at radius 1 is 1.47 bits per heavy atom. The summed E-state index contributed by atoms with van der Waals surface area (Å²) in [5.74, 6) is 0.509. The fourth-order valence-electron chi connectivity index (χ4n) is 1.57. The van der Waals surface area contributed by atoms with Gasteiger partial charge in [-0.15, -0.1) is 10.2 Å². The second kappa shape index (κ2) is 6.29. The first-order valence-corrected chi connectivity index (χ1v) is 7.06. The van der Waals surface area contributed by atoms with E-state index in [4.69, 9.17) is 0 Å². The van der Waals surface area contributed by atoms with Gasteiger partial charge in [0, 0.05) is 13.5 Å². The Bertz CT molecular complexity index is 426. The van der Waals surface area contributed by atoms with Crippen LogP contribution in [-0.2, 0) is 6.42 Å². The molecule has 0 atom stereocenters. The average Bonchev–Trinajstić information content (AvgIpc) is 2.61. The summed E-state index contributed by atoms with van der Waals surface area (Å²) >= 11 is 1.38. The van der Waals surface area contributed by atoms with Gasteiger partial charge in [0.15, 0.2) is 0 Å². The number of carbonyl (C=O) groups excluding carboxylic acids is 1. The van der Waals surface area contributed by atoms with Crippen LogP contribution in [0.3, 0.4) is 0 Å². The molecule has 108 valence electrons. The third-order valence-corrected chi connectivity index (χ3v) is 3.10.